The van der Waals surface area contributed by atoms with Gasteiger partial charge in [-0.2, -0.15) is 0 Å². The fraction of sp³-hybridized carbons (Fsp3) is 0.333. The molecule has 0 aliphatic heterocycles. The maximum Gasteiger partial charge on any atom is 0.182 e. The van der Waals surface area contributed by atoms with E-state index in [0.717, 1.165) is 16.9 Å². The molecule has 0 atom stereocenters. The van der Waals surface area contributed by atoms with Crippen molar-refractivity contribution < 1.29 is 4.79 Å². The standard InChI is InChI=1S/C12H15N3O/c1-7-14-9-5-4-8(6-10(9)15-7)11(16)12(2,3)13/h4-6H,13H2,1-3H3,(H,14,15). The molecule has 0 radical (unpaired) electrons. The molecule has 84 valence electrons. The molecule has 0 spiro atoms. The molecule has 0 bridgehead atoms. The number of imidazole rings is 1. The first-order chi connectivity index (χ1) is 7.38. The third-order valence-corrected chi connectivity index (χ3v) is 2.45. The van der Waals surface area contributed by atoms with Crippen molar-refractivity contribution in [3.63, 3.8) is 0 Å². The monoisotopic (exact) mass is 217 g/mol. The number of nitrogens with one attached hydrogen (secondary N) is 1. The fourth-order valence-corrected chi connectivity index (χ4v) is 1.65. The Hall–Kier alpha value is -1.68. The SMILES string of the molecule is Cc1nc2ccc(C(=O)C(C)(C)N)cc2[nH]1. The quantitative estimate of drug-likeness (QED) is 0.753. The van der Waals surface area contributed by atoms with Crippen LogP contribution in [0.1, 0.15) is 30.0 Å². The molecule has 4 heteroatoms. The van der Waals surface area contributed by atoms with Crippen LogP contribution in [0.15, 0.2) is 18.2 Å². The van der Waals surface area contributed by atoms with Crippen LogP contribution in [0, 0.1) is 6.92 Å². The van der Waals surface area contributed by atoms with E-state index in [1.54, 1.807) is 26.0 Å². The summed E-state index contributed by atoms with van der Waals surface area (Å²) in [7, 11) is 0. The first-order valence-electron chi connectivity index (χ1n) is 5.18. The number of hydrogen-bond donors (Lipinski definition) is 2. The van der Waals surface area contributed by atoms with Gasteiger partial charge in [0.15, 0.2) is 5.78 Å². The number of aromatic nitrogens is 2. The highest BCUT2D eigenvalue weighted by molar-refractivity contribution is 6.04. The van der Waals surface area contributed by atoms with Crippen LogP contribution < -0.4 is 5.73 Å². The van der Waals surface area contributed by atoms with E-state index in [0.29, 0.717) is 5.56 Å². The minimum absolute atomic E-state index is 0.0679. The van der Waals surface area contributed by atoms with Crippen molar-refractivity contribution in [2.75, 3.05) is 0 Å². The van der Waals surface area contributed by atoms with E-state index in [2.05, 4.69) is 9.97 Å². The molecule has 3 N–H and O–H groups in total. The van der Waals surface area contributed by atoms with Crippen LogP contribution in [0.5, 0.6) is 0 Å². The van der Waals surface area contributed by atoms with E-state index >= 15 is 0 Å². The zero-order valence-electron chi connectivity index (χ0n) is 9.66. The Morgan fingerprint density at radius 2 is 2.12 bits per heavy atom. The lowest BCUT2D eigenvalue weighted by Gasteiger charge is -2.16. The van der Waals surface area contributed by atoms with E-state index in [1.807, 2.05) is 13.0 Å². The zero-order valence-corrected chi connectivity index (χ0v) is 9.66. The van der Waals surface area contributed by atoms with Gasteiger partial charge < -0.3 is 10.7 Å². The molecule has 1 aromatic heterocycles. The van der Waals surface area contributed by atoms with E-state index in [9.17, 15) is 4.79 Å². The highest BCUT2D eigenvalue weighted by Gasteiger charge is 2.23. The number of carbonyl (C=O) groups is 1. The van der Waals surface area contributed by atoms with Crippen LogP contribution in [-0.2, 0) is 0 Å². The Morgan fingerprint density at radius 1 is 1.44 bits per heavy atom. The van der Waals surface area contributed by atoms with Gasteiger partial charge in [-0.05, 0) is 39.0 Å². The van der Waals surface area contributed by atoms with Crippen molar-refractivity contribution >= 4 is 16.8 Å². The summed E-state index contributed by atoms with van der Waals surface area (Å²) in [5.41, 5.74) is 7.29. The second-order valence-corrected chi connectivity index (χ2v) is 4.60. The smallest absolute Gasteiger partial charge is 0.182 e. The lowest BCUT2D eigenvalue weighted by Crippen LogP contribution is -2.41. The average molecular weight is 217 g/mol. The summed E-state index contributed by atoms with van der Waals surface area (Å²) >= 11 is 0. The number of benzene rings is 1. The van der Waals surface area contributed by atoms with Crippen molar-refractivity contribution in [2.45, 2.75) is 26.3 Å². The molecule has 16 heavy (non-hydrogen) atoms. The van der Waals surface area contributed by atoms with Crippen LogP contribution in [0.3, 0.4) is 0 Å². The zero-order chi connectivity index (χ0) is 11.9. The maximum atomic E-state index is 12.0. The van der Waals surface area contributed by atoms with Gasteiger partial charge in [0.1, 0.15) is 5.82 Å². The second-order valence-electron chi connectivity index (χ2n) is 4.60. The van der Waals surface area contributed by atoms with Crippen LogP contribution in [0.4, 0.5) is 0 Å². The molecule has 0 amide bonds. The summed E-state index contributed by atoms with van der Waals surface area (Å²) in [6.45, 7) is 5.30. The molecule has 0 aliphatic rings. The first-order valence-corrected chi connectivity index (χ1v) is 5.18. The normalized spacial score (nSPS) is 12.0. The minimum atomic E-state index is -0.845. The molecule has 0 fully saturated rings. The van der Waals surface area contributed by atoms with Gasteiger partial charge in [0.25, 0.3) is 0 Å². The van der Waals surface area contributed by atoms with Crippen molar-refractivity contribution in [3.8, 4) is 0 Å². The number of aromatic amines is 1. The second kappa shape index (κ2) is 3.42. The first kappa shape index (κ1) is 10.8. The number of ketones is 1. The molecule has 2 rings (SSSR count). The predicted octanol–water partition coefficient (Wildman–Crippen LogP) is 1.79. The molecule has 2 aromatic rings. The molecule has 4 nitrogen and oxygen atoms in total. The molecule has 1 aromatic carbocycles. The van der Waals surface area contributed by atoms with Crippen LogP contribution in [0.25, 0.3) is 11.0 Å². The van der Waals surface area contributed by atoms with Crippen molar-refractivity contribution in [3.05, 3.63) is 29.6 Å². The third kappa shape index (κ3) is 1.84. The molecule has 0 unspecified atom stereocenters. The Morgan fingerprint density at radius 3 is 2.75 bits per heavy atom. The number of H-pyrrole nitrogens is 1. The van der Waals surface area contributed by atoms with Crippen molar-refractivity contribution in [1.82, 2.24) is 9.97 Å². The van der Waals surface area contributed by atoms with Gasteiger partial charge >= 0.3 is 0 Å². The van der Waals surface area contributed by atoms with Gasteiger partial charge in [0.2, 0.25) is 0 Å². The van der Waals surface area contributed by atoms with E-state index in [-0.39, 0.29) is 5.78 Å². The van der Waals surface area contributed by atoms with Crippen molar-refractivity contribution in [2.24, 2.45) is 5.73 Å². The number of nitrogens with two attached hydrogens (primary N) is 1. The lowest BCUT2D eigenvalue weighted by atomic mass is 9.94. The average Bonchev–Trinajstić information content (AvgIpc) is 2.54. The highest BCUT2D eigenvalue weighted by Crippen LogP contribution is 2.17. The van der Waals surface area contributed by atoms with Gasteiger partial charge in [0, 0.05) is 5.56 Å². The molecule has 0 aliphatic carbocycles. The Kier molecular flexibility index (Phi) is 2.31. The number of carbonyl (C=O) groups excluding carboxylic acids is 1. The Labute approximate surface area is 93.9 Å². The largest absolute Gasteiger partial charge is 0.342 e. The topological polar surface area (TPSA) is 71.8 Å². The minimum Gasteiger partial charge on any atom is -0.342 e. The number of fused-ring (bicyclic) bond motifs is 1. The van der Waals surface area contributed by atoms with Crippen LogP contribution in [-0.4, -0.2) is 21.3 Å². The summed E-state index contributed by atoms with van der Waals surface area (Å²) in [5.74, 6) is 0.772. The van der Waals surface area contributed by atoms with E-state index in [1.165, 1.54) is 0 Å². The number of hydrogen-bond acceptors (Lipinski definition) is 3. The summed E-state index contributed by atoms with van der Waals surface area (Å²) in [5, 5.41) is 0. The summed E-state index contributed by atoms with van der Waals surface area (Å²) < 4.78 is 0. The highest BCUT2D eigenvalue weighted by atomic mass is 16.1. The third-order valence-electron chi connectivity index (χ3n) is 2.45. The number of nitrogens with zero attached hydrogens (tertiary/aromatic N) is 1. The van der Waals surface area contributed by atoms with E-state index < -0.39 is 5.54 Å². The van der Waals surface area contributed by atoms with Gasteiger partial charge in [-0.25, -0.2) is 4.98 Å². The van der Waals surface area contributed by atoms with Gasteiger partial charge in [-0.1, -0.05) is 0 Å². The van der Waals surface area contributed by atoms with Gasteiger partial charge in [-0.3, -0.25) is 4.79 Å². The van der Waals surface area contributed by atoms with Crippen LogP contribution in [0.2, 0.25) is 0 Å². The molecule has 0 saturated carbocycles. The summed E-state index contributed by atoms with van der Waals surface area (Å²) in [6, 6.07) is 5.39. The fourth-order valence-electron chi connectivity index (χ4n) is 1.65. The number of aryl methyl sites for hydroxylation is 1. The lowest BCUT2D eigenvalue weighted by molar-refractivity contribution is 0.0913. The summed E-state index contributed by atoms with van der Waals surface area (Å²) in [6.07, 6.45) is 0. The molecule has 1 heterocycles. The van der Waals surface area contributed by atoms with Crippen LogP contribution >= 0.6 is 0 Å². The summed E-state index contributed by atoms with van der Waals surface area (Å²) in [4.78, 5) is 19.3. The predicted molar refractivity (Wildman–Crippen MR) is 63.4 cm³/mol. The molecular formula is C12H15N3O. The number of rotatable bonds is 2. The van der Waals surface area contributed by atoms with Gasteiger partial charge in [-0.15, -0.1) is 0 Å². The van der Waals surface area contributed by atoms with E-state index in [4.69, 9.17) is 5.73 Å². The Balaban J connectivity index is 2.51. The maximum absolute atomic E-state index is 12.0. The molecule has 0 saturated heterocycles. The van der Waals surface area contributed by atoms with Crippen molar-refractivity contribution in [1.29, 1.82) is 0 Å². The molecular weight excluding hydrogens is 202 g/mol. The number of Topliss-reactive ketones (excluding diaryl/α,β-unsaturated/α-hetero) is 1. The Bertz CT molecular complexity index is 549. The van der Waals surface area contributed by atoms with Gasteiger partial charge in [0.05, 0.1) is 16.6 Å².